The van der Waals surface area contributed by atoms with Gasteiger partial charge in [0.15, 0.2) is 0 Å². The van der Waals surface area contributed by atoms with E-state index >= 15 is 0 Å². The summed E-state index contributed by atoms with van der Waals surface area (Å²) in [7, 11) is 1.81. The van der Waals surface area contributed by atoms with E-state index in [1.807, 2.05) is 20.9 Å². The van der Waals surface area contributed by atoms with Gasteiger partial charge in [0.1, 0.15) is 11.9 Å². The van der Waals surface area contributed by atoms with Gasteiger partial charge < -0.3 is 10.6 Å². The van der Waals surface area contributed by atoms with E-state index in [0.29, 0.717) is 11.6 Å². The number of hydrogen-bond acceptors (Lipinski definition) is 4. The average molecular weight is 190 g/mol. The molecule has 74 valence electrons. The quantitative estimate of drug-likeness (QED) is 0.763. The molecule has 0 spiro atoms. The smallest absolute Gasteiger partial charge is 0.149 e. The Morgan fingerprint density at radius 1 is 1.50 bits per heavy atom. The first-order chi connectivity index (χ1) is 6.67. The topological polar surface area (TPSA) is 60.7 Å². The van der Waals surface area contributed by atoms with Crippen LogP contribution in [0.4, 0.5) is 11.5 Å². The highest BCUT2D eigenvalue weighted by atomic mass is 15.0. The van der Waals surface area contributed by atoms with Crippen LogP contribution < -0.4 is 10.6 Å². The van der Waals surface area contributed by atoms with Gasteiger partial charge in [0.25, 0.3) is 0 Å². The molecule has 0 amide bonds. The summed E-state index contributed by atoms with van der Waals surface area (Å²) >= 11 is 0. The van der Waals surface area contributed by atoms with Crippen LogP contribution in [-0.2, 0) is 0 Å². The van der Waals surface area contributed by atoms with Crippen molar-refractivity contribution in [2.75, 3.05) is 17.7 Å². The Balaban J connectivity index is 3.00. The van der Waals surface area contributed by atoms with E-state index in [9.17, 15) is 0 Å². The third-order valence-corrected chi connectivity index (χ3v) is 1.71. The van der Waals surface area contributed by atoms with Crippen LogP contribution in [0.5, 0.6) is 0 Å². The Labute approximate surface area is 84.0 Å². The minimum atomic E-state index is 0.322. The number of hydrogen-bond donors (Lipinski definition) is 2. The second kappa shape index (κ2) is 4.47. The van der Waals surface area contributed by atoms with Crippen LogP contribution in [0.1, 0.15) is 19.4 Å². The minimum absolute atomic E-state index is 0.322. The van der Waals surface area contributed by atoms with Gasteiger partial charge >= 0.3 is 0 Å². The van der Waals surface area contributed by atoms with Crippen molar-refractivity contribution >= 4 is 11.5 Å². The molecule has 1 aromatic rings. The highest BCUT2D eigenvalue weighted by Crippen LogP contribution is 2.19. The molecule has 0 radical (unpaired) electrons. The molecule has 0 unspecified atom stereocenters. The first-order valence-corrected chi connectivity index (χ1v) is 4.51. The SMILES string of the molecule is CNc1cc(C#N)cnc1NC(C)C. The van der Waals surface area contributed by atoms with Gasteiger partial charge in [-0.1, -0.05) is 0 Å². The number of aromatic nitrogens is 1. The molecule has 0 aromatic carbocycles. The van der Waals surface area contributed by atoms with Crippen molar-refractivity contribution in [2.45, 2.75) is 19.9 Å². The zero-order chi connectivity index (χ0) is 10.6. The van der Waals surface area contributed by atoms with Gasteiger partial charge in [-0.25, -0.2) is 4.98 Å². The second-order valence-electron chi connectivity index (χ2n) is 3.28. The van der Waals surface area contributed by atoms with Gasteiger partial charge in [0, 0.05) is 19.3 Å². The molecular weight excluding hydrogens is 176 g/mol. The highest BCUT2D eigenvalue weighted by molar-refractivity contribution is 5.66. The third kappa shape index (κ3) is 2.36. The van der Waals surface area contributed by atoms with E-state index in [-0.39, 0.29) is 0 Å². The summed E-state index contributed by atoms with van der Waals surface area (Å²) in [4.78, 5) is 4.16. The van der Waals surface area contributed by atoms with Crippen LogP contribution in [0, 0.1) is 11.3 Å². The normalized spacial score (nSPS) is 9.64. The van der Waals surface area contributed by atoms with Crippen molar-refractivity contribution in [2.24, 2.45) is 0 Å². The molecular formula is C10H14N4. The number of nitrogens with one attached hydrogen (secondary N) is 2. The standard InChI is InChI=1S/C10H14N4/c1-7(2)14-10-9(12-3)4-8(5-11)6-13-10/h4,6-7,12H,1-3H3,(H,13,14). The molecule has 0 saturated heterocycles. The molecule has 0 aliphatic rings. The zero-order valence-electron chi connectivity index (χ0n) is 8.63. The number of nitrogens with zero attached hydrogens (tertiary/aromatic N) is 2. The van der Waals surface area contributed by atoms with E-state index < -0.39 is 0 Å². The summed E-state index contributed by atoms with van der Waals surface area (Å²) in [6, 6.07) is 4.15. The molecule has 0 aliphatic heterocycles. The zero-order valence-corrected chi connectivity index (χ0v) is 8.63. The second-order valence-corrected chi connectivity index (χ2v) is 3.28. The Hall–Kier alpha value is -1.76. The molecule has 0 saturated carbocycles. The molecule has 0 aliphatic carbocycles. The van der Waals surface area contributed by atoms with Gasteiger partial charge in [-0.15, -0.1) is 0 Å². The third-order valence-electron chi connectivity index (χ3n) is 1.71. The van der Waals surface area contributed by atoms with Crippen molar-refractivity contribution in [3.63, 3.8) is 0 Å². The predicted octanol–water partition coefficient (Wildman–Crippen LogP) is 1.82. The predicted molar refractivity (Wildman–Crippen MR) is 57.3 cm³/mol. The van der Waals surface area contributed by atoms with E-state index in [1.54, 1.807) is 12.3 Å². The molecule has 0 fully saturated rings. The summed E-state index contributed by atoms with van der Waals surface area (Å²) in [5.74, 6) is 0.779. The fourth-order valence-corrected chi connectivity index (χ4v) is 1.10. The molecule has 1 aromatic heterocycles. The van der Waals surface area contributed by atoms with Crippen molar-refractivity contribution in [1.82, 2.24) is 4.98 Å². The Morgan fingerprint density at radius 2 is 2.21 bits per heavy atom. The van der Waals surface area contributed by atoms with Gasteiger partial charge in [0.2, 0.25) is 0 Å². The largest absolute Gasteiger partial charge is 0.385 e. The Kier molecular flexibility index (Phi) is 3.29. The van der Waals surface area contributed by atoms with Crippen LogP contribution in [0.25, 0.3) is 0 Å². The van der Waals surface area contributed by atoms with Gasteiger partial charge in [-0.2, -0.15) is 5.26 Å². The first-order valence-electron chi connectivity index (χ1n) is 4.51. The Morgan fingerprint density at radius 3 is 2.71 bits per heavy atom. The van der Waals surface area contributed by atoms with Gasteiger partial charge in [0.05, 0.1) is 11.3 Å². The average Bonchev–Trinajstić information content (AvgIpc) is 2.17. The molecule has 4 heteroatoms. The number of nitriles is 1. The molecule has 0 bridgehead atoms. The number of anilines is 2. The van der Waals surface area contributed by atoms with E-state index in [4.69, 9.17) is 5.26 Å². The van der Waals surface area contributed by atoms with Crippen molar-refractivity contribution in [3.05, 3.63) is 17.8 Å². The van der Waals surface area contributed by atoms with Crippen molar-refractivity contribution < 1.29 is 0 Å². The summed E-state index contributed by atoms with van der Waals surface area (Å²) in [6.07, 6.45) is 1.56. The summed E-state index contributed by atoms with van der Waals surface area (Å²) in [5.41, 5.74) is 1.40. The molecule has 14 heavy (non-hydrogen) atoms. The summed E-state index contributed by atoms with van der Waals surface area (Å²) in [6.45, 7) is 4.08. The lowest BCUT2D eigenvalue weighted by Crippen LogP contribution is -2.12. The maximum Gasteiger partial charge on any atom is 0.149 e. The highest BCUT2D eigenvalue weighted by Gasteiger charge is 2.04. The molecule has 1 heterocycles. The fraction of sp³-hybridized carbons (Fsp3) is 0.400. The van der Waals surface area contributed by atoms with Gasteiger partial charge in [-0.05, 0) is 19.9 Å². The van der Waals surface area contributed by atoms with Crippen molar-refractivity contribution in [3.8, 4) is 6.07 Å². The van der Waals surface area contributed by atoms with Crippen LogP contribution in [0.15, 0.2) is 12.3 Å². The number of rotatable bonds is 3. The fourth-order valence-electron chi connectivity index (χ4n) is 1.10. The lowest BCUT2D eigenvalue weighted by Gasteiger charge is -2.13. The molecule has 2 N–H and O–H groups in total. The van der Waals surface area contributed by atoms with Crippen molar-refractivity contribution in [1.29, 1.82) is 5.26 Å². The van der Waals surface area contributed by atoms with E-state index in [1.165, 1.54) is 0 Å². The summed E-state index contributed by atoms with van der Waals surface area (Å²) < 4.78 is 0. The molecule has 1 rings (SSSR count). The number of pyridine rings is 1. The first kappa shape index (κ1) is 10.3. The van der Waals surface area contributed by atoms with E-state index in [0.717, 1.165) is 11.5 Å². The molecule has 0 atom stereocenters. The summed E-state index contributed by atoms with van der Waals surface area (Å²) in [5, 5.41) is 14.9. The lowest BCUT2D eigenvalue weighted by atomic mass is 10.2. The van der Waals surface area contributed by atoms with Crippen LogP contribution in [0.2, 0.25) is 0 Å². The monoisotopic (exact) mass is 190 g/mol. The minimum Gasteiger partial charge on any atom is -0.385 e. The van der Waals surface area contributed by atoms with Crippen LogP contribution >= 0.6 is 0 Å². The van der Waals surface area contributed by atoms with E-state index in [2.05, 4.69) is 21.7 Å². The van der Waals surface area contributed by atoms with Crippen LogP contribution in [-0.4, -0.2) is 18.1 Å². The maximum atomic E-state index is 8.69. The molecule has 4 nitrogen and oxygen atoms in total. The lowest BCUT2D eigenvalue weighted by molar-refractivity contribution is 0.889. The maximum absolute atomic E-state index is 8.69. The Bertz CT molecular complexity index is 352. The van der Waals surface area contributed by atoms with Gasteiger partial charge in [-0.3, -0.25) is 0 Å². The van der Waals surface area contributed by atoms with Crippen LogP contribution in [0.3, 0.4) is 0 Å².